The van der Waals surface area contributed by atoms with Crippen molar-refractivity contribution in [1.29, 1.82) is 0 Å². The predicted molar refractivity (Wildman–Crippen MR) is 93.8 cm³/mol. The van der Waals surface area contributed by atoms with Crippen LogP contribution in [0, 0.1) is 11.7 Å². The maximum Gasteiger partial charge on any atom is 0.234 e. The summed E-state index contributed by atoms with van der Waals surface area (Å²) >= 11 is 0. The molecule has 2 atom stereocenters. The third kappa shape index (κ3) is 4.01. The second-order valence-corrected chi connectivity index (χ2v) is 6.93. The molecule has 0 saturated carbocycles. The molecule has 1 saturated heterocycles. The molecule has 0 radical (unpaired) electrons. The zero-order valence-electron chi connectivity index (χ0n) is 14.7. The van der Waals surface area contributed by atoms with E-state index in [2.05, 4.69) is 32.1 Å². The van der Waals surface area contributed by atoms with Crippen LogP contribution >= 0.6 is 0 Å². The van der Waals surface area contributed by atoms with E-state index in [0.717, 1.165) is 13.0 Å². The SMILES string of the molecule is C[C@H]1C[C@@H](NC(=O)CN(C)C)CN(c2ncc(F)c3nccnc23)C1. The molecule has 2 aromatic heterocycles. The largest absolute Gasteiger partial charge is 0.352 e. The molecule has 3 heterocycles. The van der Waals surface area contributed by atoms with Gasteiger partial charge in [-0.1, -0.05) is 6.92 Å². The number of fused-ring (bicyclic) bond motifs is 1. The summed E-state index contributed by atoms with van der Waals surface area (Å²) < 4.78 is 13.9. The predicted octanol–water partition coefficient (Wildman–Crippen LogP) is 1.06. The van der Waals surface area contributed by atoms with E-state index < -0.39 is 5.82 Å². The van der Waals surface area contributed by atoms with Crippen LogP contribution in [0.1, 0.15) is 13.3 Å². The van der Waals surface area contributed by atoms with E-state index in [-0.39, 0.29) is 17.5 Å². The molecule has 0 aromatic carbocycles. The van der Waals surface area contributed by atoms with E-state index in [4.69, 9.17) is 0 Å². The number of nitrogens with zero attached hydrogens (tertiary/aromatic N) is 5. The molecule has 0 spiro atoms. The fourth-order valence-electron chi connectivity index (χ4n) is 3.34. The average molecular weight is 346 g/mol. The third-order valence-corrected chi connectivity index (χ3v) is 4.22. The molecule has 1 fully saturated rings. The first kappa shape index (κ1) is 17.5. The quantitative estimate of drug-likeness (QED) is 0.892. The van der Waals surface area contributed by atoms with Gasteiger partial charge < -0.3 is 15.1 Å². The number of aromatic nitrogens is 3. The smallest absolute Gasteiger partial charge is 0.234 e. The molecule has 7 nitrogen and oxygen atoms in total. The summed E-state index contributed by atoms with van der Waals surface area (Å²) in [5.41, 5.74) is 0.675. The van der Waals surface area contributed by atoms with E-state index in [1.54, 1.807) is 0 Å². The van der Waals surface area contributed by atoms with Crippen molar-refractivity contribution < 1.29 is 9.18 Å². The minimum Gasteiger partial charge on any atom is -0.352 e. The number of hydrogen-bond donors (Lipinski definition) is 1. The monoisotopic (exact) mass is 346 g/mol. The molecule has 25 heavy (non-hydrogen) atoms. The van der Waals surface area contributed by atoms with Crippen LogP contribution in [0.15, 0.2) is 18.6 Å². The number of carbonyl (C=O) groups excluding carboxylic acids is 1. The Bertz CT molecular complexity index is 768. The van der Waals surface area contributed by atoms with Crippen LogP contribution in [0.2, 0.25) is 0 Å². The Morgan fingerprint density at radius 2 is 2.00 bits per heavy atom. The number of nitrogens with one attached hydrogen (secondary N) is 1. The molecule has 0 unspecified atom stereocenters. The van der Waals surface area contributed by atoms with Gasteiger partial charge in [0.25, 0.3) is 0 Å². The van der Waals surface area contributed by atoms with Gasteiger partial charge in [-0.25, -0.2) is 19.3 Å². The molecular weight excluding hydrogens is 323 g/mol. The maximum atomic E-state index is 13.9. The van der Waals surface area contributed by atoms with Crippen molar-refractivity contribution in [3.8, 4) is 0 Å². The summed E-state index contributed by atoms with van der Waals surface area (Å²) in [5, 5.41) is 3.08. The summed E-state index contributed by atoms with van der Waals surface area (Å²) in [6.45, 7) is 3.89. The lowest BCUT2D eigenvalue weighted by Crippen LogP contribution is -2.52. The average Bonchev–Trinajstić information content (AvgIpc) is 2.54. The highest BCUT2D eigenvalue weighted by molar-refractivity contribution is 5.86. The first-order valence-electron chi connectivity index (χ1n) is 8.38. The summed E-state index contributed by atoms with van der Waals surface area (Å²) in [4.78, 5) is 28.6. The Morgan fingerprint density at radius 3 is 2.72 bits per heavy atom. The standard InChI is InChI=1S/C17H23FN6O/c1-11-6-12(22-14(25)10-23(2)3)9-24(8-11)17-16-15(13(18)7-21-17)19-4-5-20-16/h4-5,7,11-12H,6,8-10H2,1-3H3,(H,22,25)/t11-,12+/m0/s1. The number of anilines is 1. The summed E-state index contributed by atoms with van der Waals surface area (Å²) in [5.74, 6) is 0.508. The van der Waals surface area contributed by atoms with Crippen LogP contribution in [0.5, 0.6) is 0 Å². The number of hydrogen-bond acceptors (Lipinski definition) is 6. The number of piperidine rings is 1. The highest BCUT2D eigenvalue weighted by Gasteiger charge is 2.28. The minimum atomic E-state index is -0.479. The summed E-state index contributed by atoms with van der Waals surface area (Å²) in [6.07, 6.45) is 5.10. The van der Waals surface area contributed by atoms with Gasteiger partial charge in [0.2, 0.25) is 5.91 Å². The summed E-state index contributed by atoms with van der Waals surface area (Å²) in [7, 11) is 3.73. The normalized spacial score (nSPS) is 20.9. The molecule has 8 heteroatoms. The van der Waals surface area contributed by atoms with Crippen LogP contribution in [0.25, 0.3) is 11.0 Å². The Labute approximate surface area is 146 Å². The van der Waals surface area contributed by atoms with Crippen LogP contribution in [-0.2, 0) is 4.79 Å². The zero-order valence-corrected chi connectivity index (χ0v) is 14.7. The molecule has 0 aliphatic carbocycles. The number of amides is 1. The highest BCUT2D eigenvalue weighted by Crippen LogP contribution is 2.27. The first-order chi connectivity index (χ1) is 11.9. The van der Waals surface area contributed by atoms with Crippen molar-refractivity contribution in [2.45, 2.75) is 19.4 Å². The number of pyridine rings is 1. The number of rotatable bonds is 4. The maximum absolute atomic E-state index is 13.9. The van der Waals surface area contributed by atoms with Gasteiger partial charge >= 0.3 is 0 Å². The molecule has 134 valence electrons. The lowest BCUT2D eigenvalue weighted by Gasteiger charge is -2.37. The van der Waals surface area contributed by atoms with Gasteiger partial charge in [0.1, 0.15) is 11.0 Å². The Hall–Kier alpha value is -2.35. The molecule has 0 bridgehead atoms. The van der Waals surface area contributed by atoms with Gasteiger partial charge in [0.15, 0.2) is 11.6 Å². The summed E-state index contributed by atoms with van der Waals surface area (Å²) in [6, 6.07) is 0.0229. The van der Waals surface area contributed by atoms with Crippen LogP contribution in [0.4, 0.5) is 10.2 Å². The minimum absolute atomic E-state index is 0.000708. The van der Waals surface area contributed by atoms with E-state index in [1.807, 2.05) is 19.0 Å². The zero-order chi connectivity index (χ0) is 18.0. The van der Waals surface area contributed by atoms with E-state index >= 15 is 0 Å². The van der Waals surface area contributed by atoms with Gasteiger partial charge in [-0.05, 0) is 26.4 Å². The van der Waals surface area contributed by atoms with Crippen molar-refractivity contribution in [2.75, 3.05) is 38.6 Å². The Morgan fingerprint density at radius 1 is 1.28 bits per heavy atom. The molecule has 3 rings (SSSR count). The van der Waals surface area contributed by atoms with Gasteiger partial charge in [0.05, 0.1) is 12.7 Å². The Balaban J connectivity index is 1.83. The molecule has 1 aliphatic heterocycles. The fraction of sp³-hybridized carbons (Fsp3) is 0.529. The van der Waals surface area contributed by atoms with Gasteiger partial charge in [-0.3, -0.25) is 4.79 Å². The van der Waals surface area contributed by atoms with Gasteiger partial charge in [-0.2, -0.15) is 0 Å². The lowest BCUT2D eigenvalue weighted by atomic mass is 9.95. The van der Waals surface area contributed by atoms with E-state index in [1.165, 1.54) is 18.6 Å². The second kappa shape index (κ2) is 7.26. The lowest BCUT2D eigenvalue weighted by molar-refractivity contribution is -0.122. The first-order valence-corrected chi connectivity index (χ1v) is 8.38. The van der Waals surface area contributed by atoms with Crippen molar-refractivity contribution in [3.05, 3.63) is 24.4 Å². The molecule has 2 aromatic rings. The van der Waals surface area contributed by atoms with Gasteiger partial charge in [0, 0.05) is 31.5 Å². The van der Waals surface area contributed by atoms with Crippen LogP contribution < -0.4 is 10.2 Å². The van der Waals surface area contributed by atoms with E-state index in [9.17, 15) is 9.18 Å². The second-order valence-electron chi connectivity index (χ2n) is 6.93. The highest BCUT2D eigenvalue weighted by atomic mass is 19.1. The van der Waals surface area contributed by atoms with Crippen LogP contribution in [0.3, 0.4) is 0 Å². The van der Waals surface area contributed by atoms with Gasteiger partial charge in [-0.15, -0.1) is 0 Å². The third-order valence-electron chi connectivity index (χ3n) is 4.22. The molecule has 1 aliphatic rings. The topological polar surface area (TPSA) is 74.2 Å². The van der Waals surface area contributed by atoms with E-state index in [0.29, 0.717) is 30.3 Å². The van der Waals surface area contributed by atoms with Crippen LogP contribution in [-0.4, -0.2) is 65.5 Å². The Kier molecular flexibility index (Phi) is 5.08. The fourth-order valence-corrected chi connectivity index (χ4v) is 3.34. The molecule has 1 N–H and O–H groups in total. The number of carbonyl (C=O) groups is 1. The van der Waals surface area contributed by atoms with Crippen molar-refractivity contribution in [2.24, 2.45) is 5.92 Å². The number of halogens is 1. The molecular formula is C17H23FN6O. The van der Waals surface area contributed by atoms with Crippen molar-refractivity contribution in [3.63, 3.8) is 0 Å². The molecule has 1 amide bonds. The van der Waals surface area contributed by atoms with Crippen molar-refractivity contribution in [1.82, 2.24) is 25.2 Å². The van der Waals surface area contributed by atoms with Crippen molar-refractivity contribution >= 4 is 22.8 Å². The number of likely N-dealkylation sites (N-methyl/N-ethyl adjacent to an activating group) is 1.